The summed E-state index contributed by atoms with van der Waals surface area (Å²) in [5.41, 5.74) is 2.55. The van der Waals surface area contributed by atoms with E-state index in [-0.39, 0.29) is 6.10 Å². The van der Waals surface area contributed by atoms with E-state index in [1.165, 1.54) is 11.3 Å². The monoisotopic (exact) mass is 346 g/mol. The van der Waals surface area contributed by atoms with Gasteiger partial charge in [-0.2, -0.15) is 0 Å². The molecule has 1 aromatic rings. The van der Waals surface area contributed by atoms with E-state index < -0.39 is 6.10 Å². The second kappa shape index (κ2) is 8.19. The number of carbonyl (C=O) groups excluding carboxylic acids is 1. The van der Waals surface area contributed by atoms with Gasteiger partial charge in [0.2, 0.25) is 5.91 Å². The van der Waals surface area contributed by atoms with Crippen LogP contribution in [-0.4, -0.2) is 60.9 Å². The summed E-state index contributed by atoms with van der Waals surface area (Å²) < 4.78 is 5.53. The molecule has 0 aliphatic carbocycles. The molecule has 0 radical (unpaired) electrons. The van der Waals surface area contributed by atoms with Crippen molar-refractivity contribution in [2.75, 3.05) is 37.7 Å². The minimum atomic E-state index is -0.491. The normalized spacial score (nSPS) is 21.3. The highest BCUT2D eigenvalue weighted by Crippen LogP contribution is 2.38. The first kappa shape index (κ1) is 18.2. The van der Waals surface area contributed by atoms with Gasteiger partial charge in [-0.05, 0) is 38.3 Å². The van der Waals surface area contributed by atoms with E-state index in [4.69, 9.17) is 4.74 Å². The number of nitrogens with zero attached hydrogens (tertiary/aromatic N) is 2. The standard InChI is InChI=1S/C20H30N2O3/c1-15(2)25-14-17(23)13-22-12-16(18-6-3-4-7-19(18)22)9-11-21-10-5-8-20(21)24/h3-4,6-7,15-17,23H,5,8-14H2,1-2H3. The number of hydrogen-bond acceptors (Lipinski definition) is 4. The number of aliphatic hydroxyl groups is 1. The van der Waals surface area contributed by atoms with Crippen molar-refractivity contribution < 1.29 is 14.6 Å². The van der Waals surface area contributed by atoms with E-state index in [1.54, 1.807) is 0 Å². The first-order chi connectivity index (χ1) is 12.0. The summed E-state index contributed by atoms with van der Waals surface area (Å²) in [6.45, 7) is 7.56. The van der Waals surface area contributed by atoms with E-state index in [1.807, 2.05) is 18.7 Å². The van der Waals surface area contributed by atoms with Crippen LogP contribution in [0.15, 0.2) is 24.3 Å². The van der Waals surface area contributed by atoms with Crippen molar-refractivity contribution in [3.8, 4) is 0 Å². The van der Waals surface area contributed by atoms with Crippen LogP contribution in [0.2, 0.25) is 0 Å². The smallest absolute Gasteiger partial charge is 0.222 e. The van der Waals surface area contributed by atoms with Crippen LogP contribution in [0.1, 0.15) is 44.6 Å². The molecule has 1 N–H and O–H groups in total. The Bertz CT molecular complexity index is 590. The van der Waals surface area contributed by atoms with E-state index >= 15 is 0 Å². The number of benzene rings is 1. The van der Waals surface area contributed by atoms with Gasteiger partial charge in [-0.15, -0.1) is 0 Å². The largest absolute Gasteiger partial charge is 0.389 e. The van der Waals surface area contributed by atoms with Crippen LogP contribution in [0.3, 0.4) is 0 Å². The zero-order valence-electron chi connectivity index (χ0n) is 15.4. The number of carbonyl (C=O) groups is 1. The lowest BCUT2D eigenvalue weighted by Gasteiger charge is -2.24. The average molecular weight is 346 g/mol. The first-order valence-electron chi connectivity index (χ1n) is 9.46. The molecule has 1 amide bonds. The fourth-order valence-electron chi connectivity index (χ4n) is 3.87. The lowest BCUT2D eigenvalue weighted by atomic mass is 9.98. The number of β-amino-alcohol motifs (C(OH)–C–C–N with tert-alkyl or cyclic N) is 1. The summed E-state index contributed by atoms with van der Waals surface area (Å²) in [4.78, 5) is 16.1. The molecule has 1 fully saturated rings. The molecule has 2 unspecified atom stereocenters. The summed E-state index contributed by atoms with van der Waals surface area (Å²) in [5.74, 6) is 0.715. The number of fused-ring (bicyclic) bond motifs is 1. The second-order valence-corrected chi connectivity index (χ2v) is 7.47. The Morgan fingerprint density at radius 2 is 2.08 bits per heavy atom. The number of ether oxygens (including phenoxy) is 1. The van der Waals surface area contributed by atoms with E-state index in [2.05, 4.69) is 29.2 Å². The highest BCUT2D eigenvalue weighted by molar-refractivity contribution is 5.78. The highest BCUT2D eigenvalue weighted by atomic mass is 16.5. The Hall–Kier alpha value is -1.59. The molecule has 0 aromatic heterocycles. The minimum absolute atomic E-state index is 0.131. The summed E-state index contributed by atoms with van der Waals surface area (Å²) in [6, 6.07) is 8.44. The van der Waals surface area contributed by atoms with Gasteiger partial charge in [-0.1, -0.05) is 18.2 Å². The van der Waals surface area contributed by atoms with Gasteiger partial charge in [0, 0.05) is 44.2 Å². The van der Waals surface area contributed by atoms with Crippen LogP contribution in [0.5, 0.6) is 0 Å². The molecule has 2 aliphatic heterocycles. The van der Waals surface area contributed by atoms with Crippen LogP contribution in [-0.2, 0) is 9.53 Å². The third kappa shape index (κ3) is 4.53. The maximum absolute atomic E-state index is 11.8. The zero-order valence-corrected chi connectivity index (χ0v) is 15.4. The number of rotatable bonds is 8. The van der Waals surface area contributed by atoms with Crippen molar-refractivity contribution in [3.05, 3.63) is 29.8 Å². The maximum atomic E-state index is 11.8. The first-order valence-corrected chi connectivity index (χ1v) is 9.46. The molecule has 5 nitrogen and oxygen atoms in total. The van der Waals surface area contributed by atoms with Crippen molar-refractivity contribution in [1.82, 2.24) is 4.90 Å². The number of aliphatic hydroxyl groups excluding tert-OH is 1. The summed E-state index contributed by atoms with van der Waals surface area (Å²) in [7, 11) is 0. The SMILES string of the molecule is CC(C)OCC(O)CN1CC(CCN2CCCC2=O)c2ccccc21. The molecular formula is C20H30N2O3. The topological polar surface area (TPSA) is 53.0 Å². The molecule has 1 saturated heterocycles. The predicted octanol–water partition coefficient (Wildman–Crippen LogP) is 2.39. The Kier molecular flexibility index (Phi) is 5.97. The lowest BCUT2D eigenvalue weighted by molar-refractivity contribution is -0.127. The highest BCUT2D eigenvalue weighted by Gasteiger charge is 2.30. The van der Waals surface area contributed by atoms with Crippen molar-refractivity contribution in [3.63, 3.8) is 0 Å². The van der Waals surface area contributed by atoms with Gasteiger partial charge in [0.15, 0.2) is 0 Å². The molecule has 0 saturated carbocycles. The molecular weight excluding hydrogens is 316 g/mol. The van der Waals surface area contributed by atoms with Gasteiger partial charge in [-0.25, -0.2) is 0 Å². The maximum Gasteiger partial charge on any atom is 0.222 e. The Morgan fingerprint density at radius 1 is 1.28 bits per heavy atom. The van der Waals surface area contributed by atoms with Gasteiger partial charge in [0.25, 0.3) is 0 Å². The molecule has 2 heterocycles. The second-order valence-electron chi connectivity index (χ2n) is 7.47. The number of hydrogen-bond donors (Lipinski definition) is 1. The zero-order chi connectivity index (χ0) is 17.8. The van der Waals surface area contributed by atoms with Gasteiger partial charge < -0.3 is 19.6 Å². The molecule has 25 heavy (non-hydrogen) atoms. The number of likely N-dealkylation sites (tertiary alicyclic amines) is 1. The van der Waals surface area contributed by atoms with Crippen LogP contribution >= 0.6 is 0 Å². The molecule has 0 spiro atoms. The number of amides is 1. The van der Waals surface area contributed by atoms with Gasteiger partial charge in [-0.3, -0.25) is 4.79 Å². The fraction of sp³-hybridized carbons (Fsp3) is 0.650. The van der Waals surface area contributed by atoms with Gasteiger partial charge >= 0.3 is 0 Å². The molecule has 0 bridgehead atoms. The summed E-state index contributed by atoms with van der Waals surface area (Å²) >= 11 is 0. The van der Waals surface area contributed by atoms with Crippen LogP contribution in [0.25, 0.3) is 0 Å². The Balaban J connectivity index is 1.59. The Labute approximate surface area is 150 Å². The number of anilines is 1. The van der Waals surface area contributed by atoms with Gasteiger partial charge in [0.05, 0.1) is 18.8 Å². The average Bonchev–Trinajstić information content (AvgIpc) is 3.15. The predicted molar refractivity (Wildman–Crippen MR) is 98.9 cm³/mol. The van der Waals surface area contributed by atoms with Crippen molar-refractivity contribution in [2.45, 2.75) is 51.2 Å². The fourth-order valence-corrected chi connectivity index (χ4v) is 3.87. The Morgan fingerprint density at radius 3 is 2.80 bits per heavy atom. The molecule has 2 aliphatic rings. The summed E-state index contributed by atoms with van der Waals surface area (Å²) in [6.07, 6.45) is 2.32. The van der Waals surface area contributed by atoms with Crippen LogP contribution < -0.4 is 4.90 Å². The van der Waals surface area contributed by atoms with E-state index in [0.29, 0.717) is 31.4 Å². The molecule has 138 valence electrons. The molecule has 3 rings (SSSR count). The third-order valence-electron chi connectivity index (χ3n) is 5.13. The molecule has 5 heteroatoms. The quantitative estimate of drug-likeness (QED) is 0.785. The minimum Gasteiger partial charge on any atom is -0.389 e. The van der Waals surface area contributed by atoms with Crippen LogP contribution in [0, 0.1) is 0 Å². The van der Waals surface area contributed by atoms with E-state index in [0.717, 1.165) is 32.5 Å². The molecule has 2 atom stereocenters. The third-order valence-corrected chi connectivity index (χ3v) is 5.13. The van der Waals surface area contributed by atoms with Crippen molar-refractivity contribution in [2.24, 2.45) is 0 Å². The van der Waals surface area contributed by atoms with E-state index in [9.17, 15) is 9.90 Å². The van der Waals surface area contributed by atoms with Gasteiger partial charge in [0.1, 0.15) is 0 Å². The summed E-state index contributed by atoms with van der Waals surface area (Å²) in [5, 5.41) is 10.3. The lowest BCUT2D eigenvalue weighted by Crippen LogP contribution is -2.35. The number of para-hydroxylation sites is 1. The van der Waals surface area contributed by atoms with Crippen LogP contribution in [0.4, 0.5) is 5.69 Å². The van der Waals surface area contributed by atoms with Crippen molar-refractivity contribution in [1.29, 1.82) is 0 Å². The van der Waals surface area contributed by atoms with Crippen molar-refractivity contribution >= 4 is 11.6 Å². The molecule has 1 aromatic carbocycles.